The number of piperidine rings is 1. The van der Waals surface area contributed by atoms with Gasteiger partial charge in [0, 0.05) is 38.7 Å². The molecule has 7 heteroatoms. The van der Waals surface area contributed by atoms with Crippen molar-refractivity contribution in [3.05, 3.63) is 23.2 Å². The summed E-state index contributed by atoms with van der Waals surface area (Å²) in [5.41, 5.74) is 0.825. The molecule has 1 fully saturated rings. The summed E-state index contributed by atoms with van der Waals surface area (Å²) in [5, 5.41) is 2.73. The van der Waals surface area contributed by atoms with Gasteiger partial charge in [0.1, 0.15) is 4.60 Å². The topological polar surface area (TPSA) is 62.5 Å². The summed E-state index contributed by atoms with van der Waals surface area (Å²) < 4.78 is 2.70. The molecule has 0 aliphatic carbocycles. The summed E-state index contributed by atoms with van der Waals surface area (Å²) >= 11 is 3.43. The van der Waals surface area contributed by atoms with Crippen molar-refractivity contribution in [3.63, 3.8) is 0 Å². The van der Waals surface area contributed by atoms with E-state index in [9.17, 15) is 4.79 Å². The van der Waals surface area contributed by atoms with Gasteiger partial charge in [-0.25, -0.2) is 9.97 Å². The van der Waals surface area contributed by atoms with Crippen LogP contribution in [0.1, 0.15) is 12.8 Å². The Labute approximate surface area is 125 Å². The molecule has 3 rings (SSSR count). The van der Waals surface area contributed by atoms with E-state index in [1.54, 1.807) is 13.2 Å². The Bertz CT molecular complexity index is 641. The molecule has 3 heterocycles. The van der Waals surface area contributed by atoms with Crippen LogP contribution in [0.15, 0.2) is 23.2 Å². The van der Waals surface area contributed by atoms with Crippen molar-refractivity contribution < 1.29 is 4.79 Å². The molecule has 6 nitrogen and oxygen atoms in total. The van der Waals surface area contributed by atoms with Gasteiger partial charge in [0.25, 0.3) is 0 Å². The second kappa shape index (κ2) is 5.40. The van der Waals surface area contributed by atoms with Gasteiger partial charge in [-0.15, -0.1) is 0 Å². The molecule has 2 aromatic rings. The first-order valence-corrected chi connectivity index (χ1v) is 7.44. The SMILES string of the molecule is CNC(=O)C1CCCN(c2nc(Br)cn3ccnc23)C1. The molecule has 2 aromatic heterocycles. The summed E-state index contributed by atoms with van der Waals surface area (Å²) in [4.78, 5) is 22.9. The normalized spacial score (nSPS) is 19.3. The third-order valence-electron chi connectivity index (χ3n) is 3.67. The van der Waals surface area contributed by atoms with E-state index in [-0.39, 0.29) is 11.8 Å². The quantitative estimate of drug-likeness (QED) is 0.900. The Morgan fingerprint density at radius 1 is 1.55 bits per heavy atom. The van der Waals surface area contributed by atoms with Gasteiger partial charge in [-0.2, -0.15) is 0 Å². The fourth-order valence-corrected chi connectivity index (χ4v) is 3.07. The standard InChI is InChI=1S/C13H16BrN5O/c1-15-13(20)9-3-2-5-18(7-9)12-11-16-4-6-19(11)8-10(14)17-12/h4,6,8-9H,2-3,5,7H2,1H3,(H,15,20). The van der Waals surface area contributed by atoms with Gasteiger partial charge in [-0.3, -0.25) is 4.79 Å². The first-order valence-electron chi connectivity index (χ1n) is 6.65. The molecule has 20 heavy (non-hydrogen) atoms. The maximum atomic E-state index is 11.8. The lowest BCUT2D eigenvalue weighted by atomic mass is 9.97. The van der Waals surface area contributed by atoms with Crippen molar-refractivity contribution in [2.24, 2.45) is 5.92 Å². The fraction of sp³-hybridized carbons (Fsp3) is 0.462. The number of nitrogens with zero attached hydrogens (tertiary/aromatic N) is 4. The van der Waals surface area contributed by atoms with E-state index >= 15 is 0 Å². The van der Waals surface area contributed by atoms with Crippen molar-refractivity contribution in [2.75, 3.05) is 25.0 Å². The van der Waals surface area contributed by atoms with Gasteiger partial charge in [-0.1, -0.05) is 0 Å². The number of halogens is 1. The van der Waals surface area contributed by atoms with Gasteiger partial charge in [0.15, 0.2) is 11.5 Å². The van der Waals surface area contributed by atoms with Crippen molar-refractivity contribution in [1.82, 2.24) is 19.7 Å². The Balaban J connectivity index is 1.94. The van der Waals surface area contributed by atoms with Crippen LogP contribution in [0.2, 0.25) is 0 Å². The summed E-state index contributed by atoms with van der Waals surface area (Å²) in [7, 11) is 1.69. The molecule has 0 bridgehead atoms. The number of nitrogens with one attached hydrogen (secondary N) is 1. The van der Waals surface area contributed by atoms with Crippen LogP contribution in [0.25, 0.3) is 5.65 Å². The van der Waals surface area contributed by atoms with E-state index in [0.717, 1.165) is 35.5 Å². The summed E-state index contributed by atoms with van der Waals surface area (Å²) in [6.45, 7) is 1.59. The van der Waals surface area contributed by atoms with Crippen molar-refractivity contribution >= 4 is 33.3 Å². The van der Waals surface area contributed by atoms with Crippen molar-refractivity contribution in [3.8, 4) is 0 Å². The zero-order valence-electron chi connectivity index (χ0n) is 11.2. The smallest absolute Gasteiger partial charge is 0.224 e. The predicted octanol–water partition coefficient (Wildman–Crippen LogP) is 1.45. The number of carbonyl (C=O) groups is 1. The number of fused-ring (bicyclic) bond motifs is 1. The van der Waals surface area contributed by atoms with E-state index in [1.807, 2.05) is 16.8 Å². The molecule has 106 valence electrons. The highest BCUT2D eigenvalue weighted by Gasteiger charge is 2.27. The van der Waals surface area contributed by atoms with E-state index in [4.69, 9.17) is 0 Å². The molecule has 0 spiro atoms. The highest BCUT2D eigenvalue weighted by atomic mass is 79.9. The largest absolute Gasteiger partial charge is 0.359 e. The molecular weight excluding hydrogens is 322 g/mol. The zero-order valence-corrected chi connectivity index (χ0v) is 12.8. The highest BCUT2D eigenvalue weighted by Crippen LogP contribution is 2.26. The summed E-state index contributed by atoms with van der Waals surface area (Å²) in [6, 6.07) is 0. The van der Waals surface area contributed by atoms with Crippen LogP contribution in [0.4, 0.5) is 5.82 Å². The van der Waals surface area contributed by atoms with Crippen LogP contribution in [0.3, 0.4) is 0 Å². The molecule has 1 atom stereocenters. The lowest BCUT2D eigenvalue weighted by molar-refractivity contribution is -0.124. The van der Waals surface area contributed by atoms with Gasteiger partial charge in [0.05, 0.1) is 5.92 Å². The Hall–Kier alpha value is -1.63. The summed E-state index contributed by atoms with van der Waals surface area (Å²) in [6.07, 6.45) is 7.44. The molecule has 1 unspecified atom stereocenters. The lowest BCUT2D eigenvalue weighted by Gasteiger charge is -2.32. The third kappa shape index (κ3) is 2.37. The van der Waals surface area contributed by atoms with Crippen LogP contribution in [0.5, 0.6) is 0 Å². The predicted molar refractivity (Wildman–Crippen MR) is 79.7 cm³/mol. The molecule has 1 aliphatic heterocycles. The number of imidazole rings is 1. The number of amides is 1. The van der Waals surface area contributed by atoms with E-state index in [0.29, 0.717) is 6.54 Å². The molecule has 1 amide bonds. The van der Waals surface area contributed by atoms with Crippen LogP contribution in [0, 0.1) is 5.92 Å². The van der Waals surface area contributed by atoms with Crippen molar-refractivity contribution in [2.45, 2.75) is 12.8 Å². The first-order chi connectivity index (χ1) is 9.69. The van der Waals surface area contributed by atoms with E-state index < -0.39 is 0 Å². The Morgan fingerprint density at radius 2 is 2.40 bits per heavy atom. The van der Waals surface area contributed by atoms with Gasteiger partial charge >= 0.3 is 0 Å². The molecule has 0 radical (unpaired) electrons. The second-order valence-electron chi connectivity index (χ2n) is 4.94. The fourth-order valence-electron chi connectivity index (χ4n) is 2.68. The van der Waals surface area contributed by atoms with Gasteiger partial charge in [0.2, 0.25) is 5.91 Å². The number of hydrogen-bond donors (Lipinski definition) is 1. The first kappa shape index (κ1) is 13.4. The number of rotatable bonds is 2. The number of anilines is 1. The molecule has 1 aliphatic rings. The molecule has 0 aromatic carbocycles. The van der Waals surface area contributed by atoms with Crippen LogP contribution in [-0.4, -0.2) is 40.4 Å². The minimum absolute atomic E-state index is 0.0181. The minimum atomic E-state index is 0.0181. The minimum Gasteiger partial charge on any atom is -0.359 e. The molecule has 1 saturated heterocycles. The molecule has 0 saturated carbocycles. The lowest BCUT2D eigenvalue weighted by Crippen LogP contribution is -2.42. The average Bonchev–Trinajstić information content (AvgIpc) is 2.93. The number of hydrogen-bond acceptors (Lipinski definition) is 4. The Morgan fingerprint density at radius 3 is 3.20 bits per heavy atom. The van der Waals surface area contributed by atoms with Gasteiger partial charge < -0.3 is 14.6 Å². The third-order valence-corrected chi connectivity index (χ3v) is 4.05. The summed E-state index contributed by atoms with van der Waals surface area (Å²) in [5.74, 6) is 0.951. The maximum absolute atomic E-state index is 11.8. The monoisotopic (exact) mass is 337 g/mol. The van der Waals surface area contributed by atoms with Crippen LogP contribution in [-0.2, 0) is 4.79 Å². The number of aromatic nitrogens is 3. The second-order valence-corrected chi connectivity index (χ2v) is 5.76. The van der Waals surface area contributed by atoms with Gasteiger partial charge in [-0.05, 0) is 28.8 Å². The van der Waals surface area contributed by atoms with E-state index in [2.05, 4.69) is 36.1 Å². The average molecular weight is 338 g/mol. The zero-order chi connectivity index (χ0) is 14.1. The highest BCUT2D eigenvalue weighted by molar-refractivity contribution is 9.10. The molecular formula is C13H16BrN5O. The van der Waals surface area contributed by atoms with Crippen molar-refractivity contribution in [1.29, 1.82) is 0 Å². The van der Waals surface area contributed by atoms with Crippen LogP contribution < -0.4 is 10.2 Å². The number of carbonyl (C=O) groups excluding carboxylic acids is 1. The van der Waals surface area contributed by atoms with E-state index in [1.165, 1.54) is 0 Å². The Kier molecular flexibility index (Phi) is 3.60. The maximum Gasteiger partial charge on any atom is 0.224 e. The molecule has 1 N–H and O–H groups in total. The van der Waals surface area contributed by atoms with Crippen LogP contribution >= 0.6 is 15.9 Å².